The van der Waals surface area contributed by atoms with Gasteiger partial charge in [0.1, 0.15) is 5.56 Å². The van der Waals surface area contributed by atoms with Crippen LogP contribution in [0.25, 0.3) is 16.7 Å². The van der Waals surface area contributed by atoms with Crippen LogP contribution in [-0.4, -0.2) is 27.0 Å². The van der Waals surface area contributed by atoms with Gasteiger partial charge in [0.25, 0.3) is 5.91 Å². The number of pyridine rings is 1. The second-order valence-corrected chi connectivity index (χ2v) is 8.09. The molecular formula is C25H24N6O2. The molecule has 0 bridgehead atoms. The quantitative estimate of drug-likeness (QED) is 0.410. The molecule has 1 aliphatic carbocycles. The van der Waals surface area contributed by atoms with Crippen LogP contribution in [0.3, 0.4) is 0 Å². The van der Waals surface area contributed by atoms with E-state index in [9.17, 15) is 9.59 Å². The number of carbonyl (C=O) groups excluding carboxylic acids is 1. The summed E-state index contributed by atoms with van der Waals surface area (Å²) in [6.07, 6.45) is 6.26. The van der Waals surface area contributed by atoms with Gasteiger partial charge in [-0.2, -0.15) is 4.98 Å². The third-order valence-corrected chi connectivity index (χ3v) is 5.85. The third-order valence-electron chi connectivity index (χ3n) is 5.85. The number of nitrogen functional groups attached to an aromatic ring is 1. The second kappa shape index (κ2) is 8.38. The summed E-state index contributed by atoms with van der Waals surface area (Å²) in [6, 6.07) is 13.4. The molecule has 33 heavy (non-hydrogen) atoms. The number of nitrogens with one attached hydrogen (secondary N) is 2. The van der Waals surface area contributed by atoms with Crippen molar-refractivity contribution in [1.29, 1.82) is 0 Å². The number of anilines is 3. The zero-order valence-electron chi connectivity index (χ0n) is 18.3. The number of hydrogen-bond acceptors (Lipinski definition) is 6. The number of aryl methyl sites for hydroxylation is 2. The standard InChI is InChI=1S/C25H24N6O2/c1-2-27-24(33)21-14-31(19-11-6-15-4-3-5-16(15)12-19)23-20(22(21)32)13-28-25(30-23)29-18-9-7-17(26)8-10-18/h6-14H,2-5,26H2,1H3,(H,27,33)(H,28,29,30). The predicted octanol–water partition coefficient (Wildman–Crippen LogP) is 3.34. The lowest BCUT2D eigenvalue weighted by molar-refractivity contribution is 0.0954. The summed E-state index contributed by atoms with van der Waals surface area (Å²) < 4.78 is 1.80. The molecule has 0 spiro atoms. The summed E-state index contributed by atoms with van der Waals surface area (Å²) in [7, 11) is 0. The highest BCUT2D eigenvalue weighted by molar-refractivity contribution is 5.97. The van der Waals surface area contributed by atoms with Crippen LogP contribution in [0.5, 0.6) is 0 Å². The predicted molar refractivity (Wildman–Crippen MR) is 129 cm³/mol. The SMILES string of the molecule is CCNC(=O)c1cn(-c2ccc3c(c2)CCC3)c2nc(Nc3ccc(N)cc3)ncc2c1=O. The maximum atomic E-state index is 13.1. The Labute approximate surface area is 190 Å². The summed E-state index contributed by atoms with van der Waals surface area (Å²) in [4.78, 5) is 34.7. The Morgan fingerprint density at radius 2 is 1.91 bits per heavy atom. The first-order valence-electron chi connectivity index (χ1n) is 11.0. The molecule has 8 nitrogen and oxygen atoms in total. The van der Waals surface area contributed by atoms with Crippen LogP contribution in [0.2, 0.25) is 0 Å². The van der Waals surface area contributed by atoms with Gasteiger partial charge in [-0.3, -0.25) is 9.59 Å². The van der Waals surface area contributed by atoms with E-state index in [1.165, 1.54) is 17.3 Å². The largest absolute Gasteiger partial charge is 0.399 e. The number of amides is 1. The van der Waals surface area contributed by atoms with Gasteiger partial charge in [0.05, 0.1) is 5.39 Å². The Hall–Kier alpha value is -4.20. The van der Waals surface area contributed by atoms with Crippen LogP contribution in [-0.2, 0) is 12.8 Å². The van der Waals surface area contributed by atoms with Crippen LogP contribution in [0, 0.1) is 0 Å². The normalized spacial score (nSPS) is 12.5. The first kappa shape index (κ1) is 20.7. The molecule has 2 heterocycles. The first-order valence-corrected chi connectivity index (χ1v) is 11.0. The number of fused-ring (bicyclic) bond motifs is 2. The van der Waals surface area contributed by atoms with Gasteiger partial charge in [0.2, 0.25) is 11.4 Å². The number of hydrogen-bond donors (Lipinski definition) is 3. The molecule has 1 amide bonds. The molecule has 0 saturated carbocycles. The Morgan fingerprint density at radius 1 is 1.12 bits per heavy atom. The number of benzene rings is 2. The number of rotatable bonds is 5. The van der Waals surface area contributed by atoms with Crippen LogP contribution in [0.1, 0.15) is 34.8 Å². The van der Waals surface area contributed by atoms with Crippen molar-refractivity contribution in [3.05, 3.63) is 81.8 Å². The monoisotopic (exact) mass is 440 g/mol. The van der Waals surface area contributed by atoms with Gasteiger partial charge in [0, 0.05) is 36.0 Å². The van der Waals surface area contributed by atoms with Gasteiger partial charge in [-0.1, -0.05) is 6.07 Å². The molecule has 4 N–H and O–H groups in total. The van der Waals surface area contributed by atoms with E-state index < -0.39 is 11.3 Å². The van der Waals surface area contributed by atoms with Crippen molar-refractivity contribution in [3.8, 4) is 5.69 Å². The Kier molecular flexibility index (Phi) is 5.26. The van der Waals surface area contributed by atoms with Crippen LogP contribution in [0.15, 0.2) is 59.7 Å². The van der Waals surface area contributed by atoms with E-state index in [1.54, 1.807) is 22.9 Å². The molecule has 1 aliphatic rings. The van der Waals surface area contributed by atoms with Crippen LogP contribution in [0.4, 0.5) is 17.3 Å². The maximum absolute atomic E-state index is 13.1. The minimum Gasteiger partial charge on any atom is -0.399 e. The van der Waals surface area contributed by atoms with E-state index in [4.69, 9.17) is 5.73 Å². The molecule has 2 aromatic carbocycles. The summed E-state index contributed by atoms with van der Waals surface area (Å²) in [5.41, 5.74) is 10.8. The van der Waals surface area contributed by atoms with Crippen molar-refractivity contribution < 1.29 is 4.79 Å². The minimum absolute atomic E-state index is 0.0627. The van der Waals surface area contributed by atoms with E-state index in [0.29, 0.717) is 23.8 Å². The fraction of sp³-hybridized carbons (Fsp3) is 0.200. The lowest BCUT2D eigenvalue weighted by Crippen LogP contribution is -2.29. The fourth-order valence-corrected chi connectivity index (χ4v) is 4.19. The lowest BCUT2D eigenvalue weighted by atomic mass is 10.1. The molecule has 2 aromatic heterocycles. The van der Waals surface area contributed by atoms with E-state index >= 15 is 0 Å². The molecule has 0 unspecified atom stereocenters. The first-order chi connectivity index (χ1) is 16.0. The average molecular weight is 441 g/mol. The zero-order valence-corrected chi connectivity index (χ0v) is 18.3. The third kappa shape index (κ3) is 3.91. The highest BCUT2D eigenvalue weighted by atomic mass is 16.2. The fourth-order valence-electron chi connectivity index (χ4n) is 4.19. The van der Waals surface area contributed by atoms with Crippen molar-refractivity contribution in [3.63, 3.8) is 0 Å². The average Bonchev–Trinajstić information content (AvgIpc) is 3.29. The molecular weight excluding hydrogens is 416 g/mol. The van der Waals surface area contributed by atoms with E-state index in [1.807, 2.05) is 25.1 Å². The lowest BCUT2D eigenvalue weighted by Gasteiger charge is -2.15. The topological polar surface area (TPSA) is 115 Å². The number of nitrogens with zero attached hydrogens (tertiary/aromatic N) is 3. The molecule has 0 fully saturated rings. The van der Waals surface area contributed by atoms with E-state index in [-0.39, 0.29) is 10.9 Å². The van der Waals surface area contributed by atoms with Crippen molar-refractivity contribution in [2.24, 2.45) is 0 Å². The van der Waals surface area contributed by atoms with Gasteiger partial charge in [-0.05, 0) is 73.7 Å². The molecule has 5 rings (SSSR count). The number of carbonyl (C=O) groups is 1. The summed E-state index contributed by atoms with van der Waals surface area (Å²) in [5.74, 6) is -0.0734. The number of aromatic nitrogens is 3. The smallest absolute Gasteiger partial charge is 0.256 e. The van der Waals surface area contributed by atoms with Gasteiger partial charge in [-0.15, -0.1) is 0 Å². The molecule has 4 aromatic rings. The van der Waals surface area contributed by atoms with Crippen molar-refractivity contribution in [2.45, 2.75) is 26.2 Å². The second-order valence-electron chi connectivity index (χ2n) is 8.09. The summed E-state index contributed by atoms with van der Waals surface area (Å²) >= 11 is 0. The number of nitrogens with two attached hydrogens (primary N) is 1. The Bertz CT molecular complexity index is 1430. The van der Waals surface area contributed by atoms with Crippen LogP contribution < -0.4 is 21.8 Å². The van der Waals surface area contributed by atoms with Gasteiger partial charge >= 0.3 is 0 Å². The van der Waals surface area contributed by atoms with Gasteiger partial charge < -0.3 is 20.9 Å². The van der Waals surface area contributed by atoms with Gasteiger partial charge in [-0.25, -0.2) is 4.98 Å². The van der Waals surface area contributed by atoms with E-state index in [0.717, 1.165) is 30.6 Å². The molecule has 8 heteroatoms. The van der Waals surface area contributed by atoms with Crippen LogP contribution >= 0.6 is 0 Å². The highest BCUT2D eigenvalue weighted by Crippen LogP contribution is 2.26. The highest BCUT2D eigenvalue weighted by Gasteiger charge is 2.19. The maximum Gasteiger partial charge on any atom is 0.256 e. The molecule has 0 aliphatic heterocycles. The molecule has 0 radical (unpaired) electrons. The van der Waals surface area contributed by atoms with E-state index in [2.05, 4.69) is 32.7 Å². The Balaban J connectivity index is 1.68. The zero-order chi connectivity index (χ0) is 22.9. The summed E-state index contributed by atoms with van der Waals surface area (Å²) in [6.45, 7) is 2.24. The van der Waals surface area contributed by atoms with Crippen molar-refractivity contribution in [1.82, 2.24) is 19.9 Å². The molecule has 166 valence electrons. The van der Waals surface area contributed by atoms with Crippen molar-refractivity contribution >= 4 is 34.3 Å². The molecule has 0 saturated heterocycles. The summed E-state index contributed by atoms with van der Waals surface area (Å²) in [5, 5.41) is 6.15. The van der Waals surface area contributed by atoms with Gasteiger partial charge in [0.15, 0.2) is 5.65 Å². The van der Waals surface area contributed by atoms with Crippen molar-refractivity contribution in [2.75, 3.05) is 17.6 Å². The minimum atomic E-state index is -0.414. The molecule has 0 atom stereocenters. The Morgan fingerprint density at radius 3 is 2.70 bits per heavy atom.